The molecule has 7 heavy (non-hydrogen) atoms. The SMILES string of the molecule is N#C[S-].N#C[S-].[Mo+2]. The van der Waals surface area contributed by atoms with E-state index in [1.165, 1.54) is 10.8 Å². The zero-order valence-electron chi connectivity index (χ0n) is 3.12. The van der Waals surface area contributed by atoms with E-state index in [2.05, 4.69) is 25.3 Å². The zero-order chi connectivity index (χ0) is 5.41. The molecule has 0 saturated heterocycles. The van der Waals surface area contributed by atoms with E-state index in [0.717, 1.165) is 0 Å². The van der Waals surface area contributed by atoms with Gasteiger partial charge in [-0.25, -0.2) is 10.5 Å². The van der Waals surface area contributed by atoms with Crippen molar-refractivity contribution in [3.8, 4) is 10.8 Å². The van der Waals surface area contributed by atoms with Gasteiger partial charge in [0.1, 0.15) is 0 Å². The summed E-state index contributed by atoms with van der Waals surface area (Å²) in [6.07, 6.45) is 0. The van der Waals surface area contributed by atoms with Crippen LogP contribution >= 0.6 is 0 Å². The van der Waals surface area contributed by atoms with Gasteiger partial charge in [0, 0.05) is 0 Å². The first kappa shape index (κ1) is 15.7. The number of nitrogens with zero attached hydrogens (tertiary/aromatic N) is 2. The van der Waals surface area contributed by atoms with Gasteiger partial charge in [0.2, 0.25) is 0 Å². The topological polar surface area (TPSA) is 47.6 Å². The first-order valence-corrected chi connectivity index (χ1v) is 1.67. The number of hydrogen-bond acceptors (Lipinski definition) is 4. The zero-order valence-corrected chi connectivity index (χ0v) is 6.76. The van der Waals surface area contributed by atoms with Crippen LogP contribution in [0, 0.1) is 21.3 Å². The third-order valence-electron chi connectivity index (χ3n) is 0. The maximum atomic E-state index is 7.13. The second kappa shape index (κ2) is 35.9. The fourth-order valence-corrected chi connectivity index (χ4v) is 0. The standard InChI is InChI=1S/2CHNS.Mo/c2*2-1-3;/h2*3H;/q;;+2/p-2. The molecule has 0 aromatic heterocycles. The molecule has 0 unspecified atom stereocenters. The fourth-order valence-electron chi connectivity index (χ4n) is 0. The minimum absolute atomic E-state index is 0. The van der Waals surface area contributed by atoms with E-state index in [1.54, 1.807) is 0 Å². The molecule has 0 amide bonds. The quantitative estimate of drug-likeness (QED) is 0.323. The first-order chi connectivity index (χ1) is 2.83. The van der Waals surface area contributed by atoms with Crippen LogP contribution in [0.2, 0.25) is 0 Å². The molecule has 0 aliphatic carbocycles. The van der Waals surface area contributed by atoms with E-state index in [0.29, 0.717) is 0 Å². The summed E-state index contributed by atoms with van der Waals surface area (Å²) in [6.45, 7) is 0. The van der Waals surface area contributed by atoms with Crippen molar-refractivity contribution >= 4 is 25.3 Å². The monoisotopic (exact) mass is 214 g/mol. The third kappa shape index (κ3) is 8790. The van der Waals surface area contributed by atoms with Crippen molar-refractivity contribution in [1.29, 1.82) is 10.5 Å². The smallest absolute Gasteiger partial charge is 0.696 e. The Morgan fingerprint density at radius 2 is 1.00 bits per heavy atom. The van der Waals surface area contributed by atoms with Crippen molar-refractivity contribution < 1.29 is 21.1 Å². The molecular formula is C2MoN2S2. The summed E-state index contributed by atoms with van der Waals surface area (Å²) in [6, 6.07) is 0. The first-order valence-electron chi connectivity index (χ1n) is 0.855. The Balaban J connectivity index is -0.0000000400. The summed E-state index contributed by atoms with van der Waals surface area (Å²) in [7, 11) is 0. The second-order valence-corrected chi connectivity index (χ2v) is 0.548. The summed E-state index contributed by atoms with van der Waals surface area (Å²) >= 11 is 7.40. The predicted molar refractivity (Wildman–Crippen MR) is 26.0 cm³/mol. The minimum atomic E-state index is 0. The summed E-state index contributed by atoms with van der Waals surface area (Å²) in [5.41, 5.74) is 0. The molecule has 0 fully saturated rings. The number of nitriles is 2. The molecular weight excluding hydrogens is 212 g/mol. The molecule has 0 aromatic carbocycles. The van der Waals surface area contributed by atoms with E-state index >= 15 is 0 Å². The van der Waals surface area contributed by atoms with Gasteiger partial charge in [-0.2, -0.15) is 0 Å². The molecule has 0 atom stereocenters. The largest absolute Gasteiger partial charge is 2.00 e. The van der Waals surface area contributed by atoms with Crippen molar-refractivity contribution in [3.63, 3.8) is 0 Å². The van der Waals surface area contributed by atoms with Crippen molar-refractivity contribution in [2.75, 3.05) is 0 Å². The van der Waals surface area contributed by atoms with Gasteiger partial charge >= 0.3 is 21.1 Å². The molecule has 0 rings (SSSR count). The molecule has 0 spiro atoms. The minimum Gasteiger partial charge on any atom is -0.696 e. The van der Waals surface area contributed by atoms with Gasteiger partial charge < -0.3 is 25.3 Å². The van der Waals surface area contributed by atoms with E-state index in [9.17, 15) is 0 Å². The van der Waals surface area contributed by atoms with Crippen molar-refractivity contribution in [2.24, 2.45) is 0 Å². The molecule has 36 valence electrons. The van der Waals surface area contributed by atoms with Gasteiger partial charge in [-0.1, -0.05) is 10.8 Å². The Bertz CT molecular complexity index is 68.7. The van der Waals surface area contributed by atoms with Gasteiger partial charge in [-0.3, -0.25) is 0 Å². The summed E-state index contributed by atoms with van der Waals surface area (Å²) < 4.78 is 0. The molecule has 0 heterocycles. The average Bonchev–Trinajstić information content (AvgIpc) is 1.39. The Labute approximate surface area is 67.6 Å². The molecule has 0 radical (unpaired) electrons. The van der Waals surface area contributed by atoms with Crippen LogP contribution in [0.1, 0.15) is 0 Å². The van der Waals surface area contributed by atoms with Gasteiger partial charge in [-0.15, -0.1) is 0 Å². The normalized spacial score (nSPS) is 2.00. The predicted octanol–water partition coefficient (Wildman–Crippen LogP) is 0.0263. The van der Waals surface area contributed by atoms with Crippen LogP contribution in [0.3, 0.4) is 0 Å². The molecule has 0 saturated carbocycles. The van der Waals surface area contributed by atoms with Gasteiger partial charge in [0.05, 0.1) is 0 Å². The average molecular weight is 212 g/mol. The van der Waals surface area contributed by atoms with Gasteiger partial charge in [0.25, 0.3) is 0 Å². The molecule has 0 aliphatic rings. The molecule has 2 nitrogen and oxygen atoms in total. The van der Waals surface area contributed by atoms with Crippen LogP contribution < -0.4 is 0 Å². The Morgan fingerprint density at radius 3 is 1.00 bits per heavy atom. The Hall–Kier alpha value is 0.108. The Morgan fingerprint density at radius 1 is 1.00 bits per heavy atom. The van der Waals surface area contributed by atoms with E-state index in [-0.39, 0.29) is 21.1 Å². The molecule has 0 aliphatic heterocycles. The van der Waals surface area contributed by atoms with E-state index in [4.69, 9.17) is 10.5 Å². The van der Waals surface area contributed by atoms with Crippen LogP contribution in [0.5, 0.6) is 0 Å². The molecule has 0 bridgehead atoms. The molecule has 0 aromatic rings. The van der Waals surface area contributed by atoms with Crippen molar-refractivity contribution in [1.82, 2.24) is 0 Å². The maximum absolute atomic E-state index is 7.13. The number of hydrogen-bond donors (Lipinski definition) is 0. The maximum Gasteiger partial charge on any atom is 2.00 e. The summed E-state index contributed by atoms with van der Waals surface area (Å²) in [5.74, 6) is 0. The summed E-state index contributed by atoms with van der Waals surface area (Å²) in [5, 5.41) is 16.9. The van der Waals surface area contributed by atoms with Crippen LogP contribution in [-0.4, -0.2) is 0 Å². The van der Waals surface area contributed by atoms with E-state index < -0.39 is 0 Å². The molecule has 5 heteroatoms. The van der Waals surface area contributed by atoms with Crippen LogP contribution in [0.15, 0.2) is 0 Å². The van der Waals surface area contributed by atoms with E-state index in [1.807, 2.05) is 0 Å². The van der Waals surface area contributed by atoms with Crippen LogP contribution in [0.25, 0.3) is 0 Å². The van der Waals surface area contributed by atoms with Crippen LogP contribution in [0.4, 0.5) is 0 Å². The van der Waals surface area contributed by atoms with Crippen molar-refractivity contribution in [3.05, 3.63) is 0 Å². The second-order valence-electron chi connectivity index (χ2n) is 0.183. The van der Waals surface area contributed by atoms with Crippen molar-refractivity contribution in [2.45, 2.75) is 0 Å². The van der Waals surface area contributed by atoms with Gasteiger partial charge in [-0.05, 0) is 0 Å². The third-order valence-corrected chi connectivity index (χ3v) is 0. The number of rotatable bonds is 0. The summed E-state index contributed by atoms with van der Waals surface area (Å²) in [4.78, 5) is 0. The number of thiocyanates is 2. The van der Waals surface area contributed by atoms with Crippen LogP contribution in [-0.2, 0) is 46.3 Å². The molecule has 0 N–H and O–H groups in total. The Kier molecular flexibility index (Phi) is 80.5. The fraction of sp³-hybridized carbons (Fsp3) is 0. The van der Waals surface area contributed by atoms with Gasteiger partial charge in [0.15, 0.2) is 0 Å².